The van der Waals surface area contributed by atoms with E-state index in [-0.39, 0.29) is 11.6 Å². The zero-order valence-electron chi connectivity index (χ0n) is 10.5. The van der Waals surface area contributed by atoms with E-state index >= 15 is 0 Å². The second-order valence-corrected chi connectivity index (χ2v) is 4.84. The third-order valence-electron chi connectivity index (χ3n) is 3.68. The van der Waals surface area contributed by atoms with E-state index < -0.39 is 5.92 Å². The van der Waals surface area contributed by atoms with Crippen LogP contribution in [0.5, 0.6) is 0 Å². The van der Waals surface area contributed by atoms with Crippen LogP contribution in [-0.4, -0.2) is 11.6 Å². The van der Waals surface area contributed by atoms with Crippen molar-refractivity contribution in [3.63, 3.8) is 0 Å². The SMILES string of the molecule is O=C(c1ccccc1)[C@@H]1CCc2ccccc2C1=O. The molecule has 1 aliphatic rings. The van der Waals surface area contributed by atoms with Crippen LogP contribution in [0.3, 0.4) is 0 Å². The summed E-state index contributed by atoms with van der Waals surface area (Å²) in [5.41, 5.74) is 2.40. The van der Waals surface area contributed by atoms with E-state index in [0.29, 0.717) is 17.5 Å². The zero-order chi connectivity index (χ0) is 13.2. The van der Waals surface area contributed by atoms with Crippen LogP contribution < -0.4 is 0 Å². The Kier molecular flexibility index (Phi) is 3.00. The number of ketones is 2. The molecule has 19 heavy (non-hydrogen) atoms. The van der Waals surface area contributed by atoms with E-state index in [1.54, 1.807) is 12.1 Å². The summed E-state index contributed by atoms with van der Waals surface area (Å²) in [6.07, 6.45) is 1.41. The van der Waals surface area contributed by atoms with Crippen LogP contribution in [0.4, 0.5) is 0 Å². The Morgan fingerprint density at radius 3 is 2.42 bits per heavy atom. The summed E-state index contributed by atoms with van der Waals surface area (Å²) in [5.74, 6) is -0.604. The highest BCUT2D eigenvalue weighted by Gasteiger charge is 2.32. The van der Waals surface area contributed by atoms with E-state index in [1.807, 2.05) is 42.5 Å². The lowest BCUT2D eigenvalue weighted by Gasteiger charge is -2.22. The van der Waals surface area contributed by atoms with E-state index in [1.165, 1.54) is 0 Å². The summed E-state index contributed by atoms with van der Waals surface area (Å²) in [6.45, 7) is 0. The van der Waals surface area contributed by atoms with Gasteiger partial charge in [0.05, 0.1) is 5.92 Å². The Morgan fingerprint density at radius 1 is 0.947 bits per heavy atom. The molecule has 0 saturated carbocycles. The van der Waals surface area contributed by atoms with Crippen molar-refractivity contribution in [2.45, 2.75) is 12.8 Å². The van der Waals surface area contributed by atoms with Gasteiger partial charge in [-0.1, -0.05) is 54.6 Å². The molecule has 0 saturated heterocycles. The van der Waals surface area contributed by atoms with E-state index in [9.17, 15) is 9.59 Å². The Balaban J connectivity index is 1.93. The van der Waals surface area contributed by atoms with Gasteiger partial charge in [-0.2, -0.15) is 0 Å². The maximum atomic E-state index is 12.4. The number of benzene rings is 2. The standard InChI is InChI=1S/C17H14O2/c18-16(13-7-2-1-3-8-13)15-11-10-12-6-4-5-9-14(12)17(15)19/h1-9,15H,10-11H2/t15-/m0/s1. The third kappa shape index (κ3) is 2.10. The molecule has 0 unspecified atom stereocenters. The van der Waals surface area contributed by atoms with Crippen LogP contribution >= 0.6 is 0 Å². The molecule has 2 nitrogen and oxygen atoms in total. The van der Waals surface area contributed by atoms with Gasteiger partial charge in [-0.05, 0) is 18.4 Å². The van der Waals surface area contributed by atoms with E-state index in [4.69, 9.17) is 0 Å². The van der Waals surface area contributed by atoms with Gasteiger partial charge < -0.3 is 0 Å². The lowest BCUT2D eigenvalue weighted by molar-refractivity contribution is 0.0790. The van der Waals surface area contributed by atoms with Crippen LogP contribution in [0.15, 0.2) is 54.6 Å². The number of hydrogen-bond donors (Lipinski definition) is 0. The molecule has 0 amide bonds. The van der Waals surface area contributed by atoms with Crippen molar-refractivity contribution in [3.8, 4) is 0 Å². The predicted molar refractivity (Wildman–Crippen MR) is 73.4 cm³/mol. The van der Waals surface area contributed by atoms with Gasteiger partial charge in [-0.15, -0.1) is 0 Å². The fourth-order valence-electron chi connectivity index (χ4n) is 2.65. The second-order valence-electron chi connectivity index (χ2n) is 4.84. The number of rotatable bonds is 2. The Bertz CT molecular complexity index is 629. The monoisotopic (exact) mass is 250 g/mol. The number of fused-ring (bicyclic) bond motifs is 1. The van der Waals surface area contributed by atoms with Gasteiger partial charge in [0.2, 0.25) is 0 Å². The summed E-state index contributed by atoms with van der Waals surface area (Å²) in [7, 11) is 0. The fourth-order valence-corrected chi connectivity index (χ4v) is 2.65. The van der Waals surface area contributed by atoms with Gasteiger partial charge in [0, 0.05) is 11.1 Å². The largest absolute Gasteiger partial charge is 0.293 e. The summed E-state index contributed by atoms with van der Waals surface area (Å²) < 4.78 is 0. The van der Waals surface area contributed by atoms with Gasteiger partial charge in [0.25, 0.3) is 0 Å². The molecule has 2 aromatic rings. The number of Topliss-reactive ketones (excluding diaryl/α,β-unsaturated/α-hetero) is 2. The molecular weight excluding hydrogens is 236 g/mol. The molecule has 1 atom stereocenters. The van der Waals surface area contributed by atoms with Gasteiger partial charge in [-0.3, -0.25) is 9.59 Å². The zero-order valence-corrected chi connectivity index (χ0v) is 10.5. The predicted octanol–water partition coefficient (Wildman–Crippen LogP) is 3.31. The number of carbonyl (C=O) groups is 2. The van der Waals surface area contributed by atoms with Crippen molar-refractivity contribution in [3.05, 3.63) is 71.3 Å². The van der Waals surface area contributed by atoms with Gasteiger partial charge in [-0.25, -0.2) is 0 Å². The Hall–Kier alpha value is -2.22. The minimum absolute atomic E-state index is 0.0318. The molecule has 0 radical (unpaired) electrons. The molecule has 0 fully saturated rings. The van der Waals surface area contributed by atoms with Gasteiger partial charge in [0.1, 0.15) is 0 Å². The average Bonchev–Trinajstić information content (AvgIpc) is 2.48. The minimum Gasteiger partial charge on any atom is -0.293 e. The van der Waals surface area contributed by atoms with Gasteiger partial charge in [0.15, 0.2) is 11.6 Å². The summed E-state index contributed by atoms with van der Waals surface area (Å²) in [6, 6.07) is 16.7. The lowest BCUT2D eigenvalue weighted by Crippen LogP contribution is -2.29. The van der Waals surface area contributed by atoms with Crippen LogP contribution in [0, 0.1) is 5.92 Å². The second kappa shape index (κ2) is 4.81. The summed E-state index contributed by atoms with van der Waals surface area (Å²) in [5, 5.41) is 0. The lowest BCUT2D eigenvalue weighted by atomic mass is 9.79. The first kappa shape index (κ1) is 11.8. The van der Waals surface area contributed by atoms with Crippen molar-refractivity contribution >= 4 is 11.6 Å². The molecular formula is C17H14O2. The maximum Gasteiger partial charge on any atom is 0.173 e. The highest BCUT2D eigenvalue weighted by atomic mass is 16.2. The third-order valence-corrected chi connectivity index (χ3v) is 3.68. The van der Waals surface area contributed by atoms with E-state index in [2.05, 4.69) is 0 Å². The molecule has 0 aliphatic heterocycles. The first-order valence-electron chi connectivity index (χ1n) is 6.49. The van der Waals surface area contributed by atoms with Crippen LogP contribution in [0.2, 0.25) is 0 Å². The number of hydrogen-bond acceptors (Lipinski definition) is 2. The molecule has 94 valence electrons. The van der Waals surface area contributed by atoms with Crippen LogP contribution in [0.1, 0.15) is 32.7 Å². The number of aryl methyl sites for hydroxylation is 1. The summed E-state index contributed by atoms with van der Waals surface area (Å²) in [4.78, 5) is 24.8. The van der Waals surface area contributed by atoms with Crippen molar-refractivity contribution in [1.82, 2.24) is 0 Å². The highest BCUT2D eigenvalue weighted by molar-refractivity contribution is 6.17. The van der Waals surface area contributed by atoms with Crippen LogP contribution in [0.25, 0.3) is 0 Å². The molecule has 2 aromatic carbocycles. The molecule has 1 aliphatic carbocycles. The molecule has 3 rings (SSSR count). The molecule has 0 bridgehead atoms. The first-order chi connectivity index (χ1) is 9.27. The van der Waals surface area contributed by atoms with Crippen molar-refractivity contribution in [2.75, 3.05) is 0 Å². The minimum atomic E-state index is -0.516. The van der Waals surface area contributed by atoms with Gasteiger partial charge >= 0.3 is 0 Å². The average molecular weight is 250 g/mol. The Morgan fingerprint density at radius 2 is 1.63 bits per heavy atom. The smallest absolute Gasteiger partial charge is 0.173 e. The highest BCUT2D eigenvalue weighted by Crippen LogP contribution is 2.27. The first-order valence-corrected chi connectivity index (χ1v) is 6.49. The number of carbonyl (C=O) groups excluding carboxylic acids is 2. The van der Waals surface area contributed by atoms with E-state index in [0.717, 1.165) is 12.0 Å². The molecule has 0 aromatic heterocycles. The maximum absolute atomic E-state index is 12.4. The topological polar surface area (TPSA) is 34.1 Å². The molecule has 0 N–H and O–H groups in total. The molecule has 0 spiro atoms. The molecule has 0 heterocycles. The summed E-state index contributed by atoms with van der Waals surface area (Å²) >= 11 is 0. The van der Waals surface area contributed by atoms with Crippen molar-refractivity contribution in [2.24, 2.45) is 5.92 Å². The van der Waals surface area contributed by atoms with Crippen molar-refractivity contribution < 1.29 is 9.59 Å². The molecule has 2 heteroatoms. The normalized spacial score (nSPS) is 17.9. The Labute approximate surface area is 112 Å². The quantitative estimate of drug-likeness (QED) is 0.605. The van der Waals surface area contributed by atoms with Crippen LogP contribution in [-0.2, 0) is 6.42 Å². The fraction of sp³-hybridized carbons (Fsp3) is 0.176. The van der Waals surface area contributed by atoms with Crippen molar-refractivity contribution in [1.29, 1.82) is 0 Å².